The van der Waals surface area contributed by atoms with Crippen molar-refractivity contribution in [1.82, 2.24) is 4.98 Å². The number of fused-ring (bicyclic) bond motifs is 1. The molecule has 0 saturated carbocycles. The van der Waals surface area contributed by atoms with Gasteiger partial charge >= 0.3 is 0 Å². The van der Waals surface area contributed by atoms with Crippen molar-refractivity contribution in [3.8, 4) is 0 Å². The summed E-state index contributed by atoms with van der Waals surface area (Å²) in [5.74, 6) is 0.127. The Hall–Kier alpha value is -2.07. The summed E-state index contributed by atoms with van der Waals surface area (Å²) >= 11 is 5.93. The van der Waals surface area contributed by atoms with Crippen LogP contribution in [0, 0.1) is 12.7 Å². The van der Waals surface area contributed by atoms with Crippen LogP contribution in [-0.4, -0.2) is 11.5 Å². The minimum absolute atomic E-state index is 0.246. The summed E-state index contributed by atoms with van der Waals surface area (Å²) in [4.78, 5) is 4.25. The molecule has 0 aliphatic carbocycles. The first-order valence-corrected chi connectivity index (χ1v) is 7.04. The third kappa shape index (κ3) is 3.16. The third-order valence-electron chi connectivity index (χ3n) is 3.17. The van der Waals surface area contributed by atoms with E-state index in [2.05, 4.69) is 10.3 Å². The topological polar surface area (TPSA) is 38.1 Å². The van der Waals surface area contributed by atoms with Crippen LogP contribution >= 0.6 is 11.6 Å². The van der Waals surface area contributed by atoms with Crippen molar-refractivity contribution >= 4 is 28.4 Å². The first-order valence-electron chi connectivity index (χ1n) is 6.67. The second-order valence-electron chi connectivity index (χ2n) is 4.89. The first kappa shape index (κ1) is 13.9. The minimum Gasteiger partial charge on any atom is -0.439 e. The number of nitrogens with one attached hydrogen (secondary N) is 1. The van der Waals surface area contributed by atoms with E-state index in [1.54, 1.807) is 0 Å². The van der Waals surface area contributed by atoms with Crippen LogP contribution in [-0.2, 0) is 6.42 Å². The fraction of sp³-hybridized carbons (Fsp3) is 0.188. The van der Waals surface area contributed by atoms with E-state index in [-0.39, 0.29) is 5.02 Å². The number of aryl methyl sites for hydroxylation is 1. The summed E-state index contributed by atoms with van der Waals surface area (Å²) in [6, 6.07) is 10.7. The van der Waals surface area contributed by atoms with E-state index < -0.39 is 5.82 Å². The lowest BCUT2D eigenvalue weighted by molar-refractivity contribution is 0.533. The molecule has 1 N–H and O–H groups in total. The van der Waals surface area contributed by atoms with Gasteiger partial charge in [-0.3, -0.25) is 0 Å². The Morgan fingerprint density at radius 3 is 2.76 bits per heavy atom. The van der Waals surface area contributed by atoms with Gasteiger partial charge in [-0.25, -0.2) is 9.37 Å². The second kappa shape index (κ2) is 5.74. The number of hydrogen-bond donors (Lipinski definition) is 1. The predicted octanol–water partition coefficient (Wildman–Crippen LogP) is 4.58. The first-order chi connectivity index (χ1) is 10.1. The molecule has 0 fully saturated rings. The molecule has 3 aromatic rings. The lowest BCUT2D eigenvalue weighted by Gasteiger charge is -2.04. The molecule has 0 bridgehead atoms. The summed E-state index contributed by atoms with van der Waals surface area (Å²) in [5, 5.41) is 3.53. The fourth-order valence-corrected chi connectivity index (χ4v) is 2.34. The maximum Gasteiger partial charge on any atom is 0.197 e. The zero-order valence-corrected chi connectivity index (χ0v) is 12.2. The van der Waals surface area contributed by atoms with Crippen molar-refractivity contribution in [3.63, 3.8) is 0 Å². The standard InChI is InChI=1S/C16H14ClFN2O/c1-10-2-4-12(5-3-10)19-7-6-15-20-14-9-11(18)8-13(17)16(14)21-15/h2-5,8-9,19H,6-7H2,1H3. The minimum atomic E-state index is -0.412. The number of aromatic nitrogens is 1. The Labute approximate surface area is 126 Å². The van der Waals surface area contributed by atoms with Gasteiger partial charge in [-0.2, -0.15) is 0 Å². The number of rotatable bonds is 4. The van der Waals surface area contributed by atoms with Crippen molar-refractivity contribution in [3.05, 3.63) is 58.7 Å². The molecular weight excluding hydrogens is 291 g/mol. The zero-order valence-electron chi connectivity index (χ0n) is 11.5. The van der Waals surface area contributed by atoms with Crippen LogP contribution in [0.15, 0.2) is 40.8 Å². The molecule has 0 amide bonds. The van der Waals surface area contributed by atoms with E-state index in [4.69, 9.17) is 16.0 Å². The zero-order chi connectivity index (χ0) is 14.8. The highest BCUT2D eigenvalue weighted by atomic mass is 35.5. The molecule has 108 valence electrons. The van der Waals surface area contributed by atoms with E-state index in [1.165, 1.54) is 17.7 Å². The molecule has 0 saturated heterocycles. The highest BCUT2D eigenvalue weighted by molar-refractivity contribution is 6.34. The van der Waals surface area contributed by atoms with Crippen molar-refractivity contribution in [2.75, 3.05) is 11.9 Å². The summed E-state index contributed by atoms with van der Waals surface area (Å²) in [6.07, 6.45) is 0.598. The number of nitrogens with zero attached hydrogens (tertiary/aromatic N) is 1. The summed E-state index contributed by atoms with van der Waals surface area (Å²) < 4.78 is 18.8. The predicted molar refractivity (Wildman–Crippen MR) is 82.3 cm³/mol. The quantitative estimate of drug-likeness (QED) is 0.766. The Morgan fingerprint density at radius 1 is 1.24 bits per heavy atom. The van der Waals surface area contributed by atoms with Gasteiger partial charge in [0.2, 0.25) is 0 Å². The smallest absolute Gasteiger partial charge is 0.197 e. The molecule has 0 aliphatic heterocycles. The average molecular weight is 305 g/mol. The maximum atomic E-state index is 13.2. The van der Waals surface area contributed by atoms with Gasteiger partial charge in [0.05, 0.1) is 5.02 Å². The number of hydrogen-bond acceptors (Lipinski definition) is 3. The van der Waals surface area contributed by atoms with Gasteiger partial charge in [0.1, 0.15) is 11.3 Å². The lowest BCUT2D eigenvalue weighted by Crippen LogP contribution is -2.04. The summed E-state index contributed by atoms with van der Waals surface area (Å²) in [5.41, 5.74) is 3.14. The SMILES string of the molecule is Cc1ccc(NCCc2nc3cc(F)cc(Cl)c3o2)cc1. The van der Waals surface area contributed by atoms with E-state index in [1.807, 2.05) is 31.2 Å². The number of oxazole rings is 1. The van der Waals surface area contributed by atoms with Gasteiger partial charge in [-0.05, 0) is 25.1 Å². The number of halogens is 2. The molecule has 2 aromatic carbocycles. The van der Waals surface area contributed by atoms with Gasteiger partial charge < -0.3 is 9.73 Å². The van der Waals surface area contributed by atoms with Crippen LogP contribution in [0.25, 0.3) is 11.1 Å². The summed E-state index contributed by atoms with van der Waals surface area (Å²) in [6.45, 7) is 2.72. The van der Waals surface area contributed by atoms with Crippen molar-refractivity contribution in [1.29, 1.82) is 0 Å². The molecule has 3 nitrogen and oxygen atoms in total. The number of benzene rings is 2. The average Bonchev–Trinajstić information content (AvgIpc) is 2.84. The maximum absolute atomic E-state index is 13.2. The molecule has 0 radical (unpaired) electrons. The van der Waals surface area contributed by atoms with Gasteiger partial charge in [0.15, 0.2) is 11.5 Å². The van der Waals surface area contributed by atoms with Crippen molar-refractivity contribution in [2.45, 2.75) is 13.3 Å². The molecule has 0 atom stereocenters. The molecule has 1 aromatic heterocycles. The van der Waals surface area contributed by atoms with E-state index in [0.29, 0.717) is 30.0 Å². The van der Waals surface area contributed by atoms with E-state index in [0.717, 1.165) is 5.69 Å². The molecule has 0 spiro atoms. The van der Waals surface area contributed by atoms with E-state index >= 15 is 0 Å². The Balaban J connectivity index is 1.68. The molecule has 5 heteroatoms. The number of anilines is 1. The molecule has 3 rings (SSSR count). The van der Waals surface area contributed by atoms with Gasteiger partial charge in [-0.1, -0.05) is 29.3 Å². The monoisotopic (exact) mass is 304 g/mol. The van der Waals surface area contributed by atoms with Gasteiger partial charge in [-0.15, -0.1) is 0 Å². The summed E-state index contributed by atoms with van der Waals surface area (Å²) in [7, 11) is 0. The van der Waals surface area contributed by atoms with E-state index in [9.17, 15) is 4.39 Å². The molecule has 0 unspecified atom stereocenters. The Kier molecular flexibility index (Phi) is 3.80. The van der Waals surface area contributed by atoms with Crippen LogP contribution in [0.2, 0.25) is 5.02 Å². The highest BCUT2D eigenvalue weighted by Gasteiger charge is 2.10. The lowest BCUT2D eigenvalue weighted by atomic mass is 10.2. The van der Waals surface area contributed by atoms with Crippen molar-refractivity contribution in [2.24, 2.45) is 0 Å². The van der Waals surface area contributed by atoms with Crippen LogP contribution in [0.5, 0.6) is 0 Å². The van der Waals surface area contributed by atoms with Crippen molar-refractivity contribution < 1.29 is 8.81 Å². The van der Waals surface area contributed by atoms with Crippen LogP contribution in [0.4, 0.5) is 10.1 Å². The molecule has 21 heavy (non-hydrogen) atoms. The molecule has 1 heterocycles. The largest absolute Gasteiger partial charge is 0.439 e. The Morgan fingerprint density at radius 2 is 2.00 bits per heavy atom. The fourth-order valence-electron chi connectivity index (χ4n) is 2.10. The van der Waals surface area contributed by atoms with Gasteiger partial charge in [0.25, 0.3) is 0 Å². The second-order valence-corrected chi connectivity index (χ2v) is 5.29. The third-order valence-corrected chi connectivity index (χ3v) is 3.45. The van der Waals surface area contributed by atoms with Crippen LogP contribution in [0.1, 0.15) is 11.5 Å². The highest BCUT2D eigenvalue weighted by Crippen LogP contribution is 2.25. The van der Waals surface area contributed by atoms with Gasteiger partial charge in [0, 0.05) is 24.7 Å². The normalized spacial score (nSPS) is 11.0. The van der Waals surface area contributed by atoms with Crippen LogP contribution in [0.3, 0.4) is 0 Å². The molecular formula is C16H14ClFN2O. The molecule has 0 aliphatic rings. The Bertz CT molecular complexity index is 768. The van der Waals surface area contributed by atoms with Crippen LogP contribution < -0.4 is 5.32 Å².